The second kappa shape index (κ2) is 9.12. The van der Waals surface area contributed by atoms with E-state index in [0.717, 1.165) is 11.4 Å². The third kappa shape index (κ3) is 5.38. The average molecular weight is 399 g/mol. The van der Waals surface area contributed by atoms with Gasteiger partial charge < -0.3 is 21.1 Å². The van der Waals surface area contributed by atoms with Gasteiger partial charge >= 0.3 is 0 Å². The molecule has 0 radical (unpaired) electrons. The molecule has 0 amide bonds. The van der Waals surface area contributed by atoms with Gasteiger partial charge in [-0.2, -0.15) is 15.0 Å². The van der Waals surface area contributed by atoms with Crippen LogP contribution >= 0.6 is 11.6 Å². The molecule has 0 atom stereocenters. The molecular formula is C19H19ClN6O2. The molecule has 2 aromatic carbocycles. The summed E-state index contributed by atoms with van der Waals surface area (Å²) in [5.41, 5.74) is 2.11. The molecule has 0 saturated carbocycles. The second-order valence-electron chi connectivity index (χ2n) is 5.85. The Morgan fingerprint density at radius 2 is 1.39 bits per heavy atom. The molecule has 0 aliphatic heterocycles. The van der Waals surface area contributed by atoms with Crippen LogP contribution in [-0.4, -0.2) is 39.0 Å². The number of Topliss-reactive ketones (excluding diaryl/α,β-unsaturated/α-hetero) is 1. The minimum Gasteiger partial charge on any atom is -0.395 e. The lowest BCUT2D eigenvalue weighted by atomic mass is 10.1. The van der Waals surface area contributed by atoms with Gasteiger partial charge in [-0.25, -0.2) is 0 Å². The Hall–Kier alpha value is -3.23. The van der Waals surface area contributed by atoms with Crippen LogP contribution < -0.4 is 16.0 Å². The van der Waals surface area contributed by atoms with Crippen molar-refractivity contribution in [1.29, 1.82) is 0 Å². The van der Waals surface area contributed by atoms with E-state index in [0.29, 0.717) is 35.0 Å². The number of nitrogens with zero attached hydrogens (tertiary/aromatic N) is 3. The number of rotatable bonds is 8. The molecular weight excluding hydrogens is 380 g/mol. The highest BCUT2D eigenvalue weighted by Crippen LogP contribution is 2.20. The quantitative estimate of drug-likeness (QED) is 0.426. The fourth-order valence-electron chi connectivity index (χ4n) is 2.31. The number of aromatic nitrogens is 3. The standard InChI is InChI=1S/C19H19ClN6O2/c1-12(28)13-2-6-15(7-3-13)22-18-24-17(21-10-11-27)25-19(26-18)23-16-8-4-14(20)5-9-16/h2-9,27H,10-11H2,1H3,(H3,21,22,23,24,25,26). The van der Waals surface area contributed by atoms with E-state index in [1.54, 1.807) is 48.5 Å². The number of aliphatic hydroxyl groups excluding tert-OH is 1. The number of benzene rings is 2. The molecule has 0 fully saturated rings. The molecule has 4 N–H and O–H groups in total. The number of carbonyl (C=O) groups is 1. The smallest absolute Gasteiger partial charge is 0.233 e. The lowest BCUT2D eigenvalue weighted by Crippen LogP contribution is -2.12. The molecule has 28 heavy (non-hydrogen) atoms. The summed E-state index contributed by atoms with van der Waals surface area (Å²) >= 11 is 5.91. The van der Waals surface area contributed by atoms with Crippen LogP contribution in [0.1, 0.15) is 17.3 Å². The summed E-state index contributed by atoms with van der Waals surface area (Å²) in [6.07, 6.45) is 0. The summed E-state index contributed by atoms with van der Waals surface area (Å²) in [5, 5.41) is 18.8. The van der Waals surface area contributed by atoms with Crippen molar-refractivity contribution >= 4 is 46.6 Å². The fraction of sp³-hybridized carbons (Fsp3) is 0.158. The van der Waals surface area contributed by atoms with Crippen LogP contribution in [0.3, 0.4) is 0 Å². The van der Waals surface area contributed by atoms with E-state index >= 15 is 0 Å². The second-order valence-corrected chi connectivity index (χ2v) is 6.28. The van der Waals surface area contributed by atoms with Crippen LogP contribution in [0.5, 0.6) is 0 Å². The van der Waals surface area contributed by atoms with E-state index in [1.165, 1.54) is 6.92 Å². The van der Waals surface area contributed by atoms with Crippen molar-refractivity contribution in [3.8, 4) is 0 Å². The molecule has 0 spiro atoms. The zero-order valence-electron chi connectivity index (χ0n) is 15.1. The number of carbonyl (C=O) groups excluding carboxylic acids is 1. The van der Waals surface area contributed by atoms with Crippen molar-refractivity contribution in [3.05, 3.63) is 59.1 Å². The van der Waals surface area contributed by atoms with Gasteiger partial charge in [0, 0.05) is 28.5 Å². The Kier molecular flexibility index (Phi) is 6.36. The normalized spacial score (nSPS) is 10.4. The Morgan fingerprint density at radius 1 is 0.893 bits per heavy atom. The van der Waals surface area contributed by atoms with Crippen molar-refractivity contribution in [2.45, 2.75) is 6.92 Å². The maximum Gasteiger partial charge on any atom is 0.233 e. The Balaban J connectivity index is 1.84. The summed E-state index contributed by atoms with van der Waals surface area (Å²) in [4.78, 5) is 24.4. The molecule has 144 valence electrons. The predicted molar refractivity (Wildman–Crippen MR) is 110 cm³/mol. The molecule has 3 aromatic rings. The lowest BCUT2D eigenvalue weighted by molar-refractivity contribution is 0.101. The van der Waals surface area contributed by atoms with Gasteiger partial charge in [-0.1, -0.05) is 11.6 Å². The number of aliphatic hydroxyl groups is 1. The van der Waals surface area contributed by atoms with Crippen LogP contribution in [0, 0.1) is 0 Å². The van der Waals surface area contributed by atoms with E-state index in [4.69, 9.17) is 16.7 Å². The average Bonchev–Trinajstić information content (AvgIpc) is 2.68. The van der Waals surface area contributed by atoms with Gasteiger partial charge in [0.25, 0.3) is 0 Å². The van der Waals surface area contributed by atoms with Crippen LogP contribution in [0.2, 0.25) is 5.02 Å². The van der Waals surface area contributed by atoms with Gasteiger partial charge in [-0.15, -0.1) is 0 Å². The molecule has 9 heteroatoms. The monoisotopic (exact) mass is 398 g/mol. The molecule has 1 heterocycles. The third-order valence-electron chi connectivity index (χ3n) is 3.68. The molecule has 3 rings (SSSR count). The van der Waals surface area contributed by atoms with E-state index < -0.39 is 0 Å². The van der Waals surface area contributed by atoms with Gasteiger partial charge in [0.1, 0.15) is 0 Å². The first-order valence-corrected chi connectivity index (χ1v) is 8.93. The van der Waals surface area contributed by atoms with E-state index in [-0.39, 0.29) is 12.4 Å². The molecule has 8 nitrogen and oxygen atoms in total. The number of ketones is 1. The van der Waals surface area contributed by atoms with Crippen LogP contribution in [-0.2, 0) is 0 Å². The molecule has 0 aliphatic carbocycles. The van der Waals surface area contributed by atoms with Crippen LogP contribution in [0.15, 0.2) is 48.5 Å². The maximum atomic E-state index is 11.4. The van der Waals surface area contributed by atoms with E-state index in [2.05, 4.69) is 30.9 Å². The van der Waals surface area contributed by atoms with E-state index in [9.17, 15) is 4.79 Å². The van der Waals surface area contributed by atoms with Gasteiger partial charge in [-0.05, 0) is 55.5 Å². The van der Waals surface area contributed by atoms with Gasteiger partial charge in [0.15, 0.2) is 5.78 Å². The first kappa shape index (κ1) is 19.5. The topological polar surface area (TPSA) is 112 Å². The number of anilines is 5. The molecule has 0 saturated heterocycles. The highest BCUT2D eigenvalue weighted by atomic mass is 35.5. The number of nitrogens with one attached hydrogen (secondary N) is 3. The molecule has 0 unspecified atom stereocenters. The summed E-state index contributed by atoms with van der Waals surface area (Å²) in [5.74, 6) is 0.933. The highest BCUT2D eigenvalue weighted by Gasteiger charge is 2.08. The van der Waals surface area contributed by atoms with E-state index in [1.807, 2.05) is 0 Å². The molecule has 1 aromatic heterocycles. The first-order valence-electron chi connectivity index (χ1n) is 8.55. The maximum absolute atomic E-state index is 11.4. The SMILES string of the molecule is CC(=O)c1ccc(Nc2nc(NCCO)nc(Nc3ccc(Cl)cc3)n2)cc1. The van der Waals surface area contributed by atoms with Crippen molar-refractivity contribution in [1.82, 2.24) is 15.0 Å². The van der Waals surface area contributed by atoms with Gasteiger partial charge in [0.2, 0.25) is 17.8 Å². The van der Waals surface area contributed by atoms with Gasteiger partial charge in [-0.3, -0.25) is 4.79 Å². The Morgan fingerprint density at radius 3 is 1.89 bits per heavy atom. The summed E-state index contributed by atoms with van der Waals surface area (Å²) < 4.78 is 0. The van der Waals surface area contributed by atoms with Crippen molar-refractivity contribution < 1.29 is 9.90 Å². The summed E-state index contributed by atoms with van der Waals surface area (Å²) in [6.45, 7) is 1.76. The zero-order chi connectivity index (χ0) is 19.9. The first-order chi connectivity index (χ1) is 13.5. The van der Waals surface area contributed by atoms with Crippen LogP contribution in [0.25, 0.3) is 0 Å². The summed E-state index contributed by atoms with van der Waals surface area (Å²) in [6, 6.07) is 14.1. The summed E-state index contributed by atoms with van der Waals surface area (Å²) in [7, 11) is 0. The number of hydrogen-bond acceptors (Lipinski definition) is 8. The third-order valence-corrected chi connectivity index (χ3v) is 3.93. The Labute approximate surface area is 167 Å². The Bertz CT molecular complexity index is 948. The molecule has 0 bridgehead atoms. The van der Waals surface area contributed by atoms with Crippen molar-refractivity contribution in [2.24, 2.45) is 0 Å². The minimum atomic E-state index is -0.0547. The lowest BCUT2D eigenvalue weighted by Gasteiger charge is -2.11. The zero-order valence-corrected chi connectivity index (χ0v) is 15.9. The van der Waals surface area contributed by atoms with Crippen molar-refractivity contribution in [3.63, 3.8) is 0 Å². The van der Waals surface area contributed by atoms with Crippen molar-refractivity contribution in [2.75, 3.05) is 29.1 Å². The fourth-order valence-corrected chi connectivity index (χ4v) is 2.44. The number of halogens is 1. The van der Waals surface area contributed by atoms with Gasteiger partial charge in [0.05, 0.1) is 6.61 Å². The molecule has 0 aliphatic rings. The highest BCUT2D eigenvalue weighted by molar-refractivity contribution is 6.30. The largest absolute Gasteiger partial charge is 0.395 e. The predicted octanol–water partition coefficient (Wildman–Crippen LogP) is 3.62. The van der Waals surface area contributed by atoms with Crippen LogP contribution in [0.4, 0.5) is 29.2 Å². The number of hydrogen-bond donors (Lipinski definition) is 4. The minimum absolute atomic E-state index is 0.00310.